The molecule has 9 nitrogen and oxygen atoms in total. The van der Waals surface area contributed by atoms with Gasteiger partial charge in [-0.2, -0.15) is 13.2 Å². The minimum absolute atomic E-state index is 0. The van der Waals surface area contributed by atoms with Crippen molar-refractivity contribution in [3.63, 3.8) is 0 Å². The summed E-state index contributed by atoms with van der Waals surface area (Å²) in [5.74, 6) is -2.36. The van der Waals surface area contributed by atoms with Crippen LogP contribution in [0.3, 0.4) is 0 Å². The number of nitrogens with zero attached hydrogens (tertiary/aromatic N) is 1. The molecule has 0 unspecified atom stereocenters. The molecule has 0 atom stereocenters. The van der Waals surface area contributed by atoms with Gasteiger partial charge in [-0.3, -0.25) is 14.9 Å². The number of ether oxygens (including phenoxy) is 1. The maximum absolute atomic E-state index is 12.7. The zero-order valence-electron chi connectivity index (χ0n) is 15.6. The van der Waals surface area contributed by atoms with Gasteiger partial charge in [-0.15, -0.1) is 0 Å². The molecular formula is C16H11ClF3N2NaO7S. The Balaban J connectivity index is 0.00000480. The monoisotopic (exact) mass is 490 g/mol. The van der Waals surface area contributed by atoms with Gasteiger partial charge in [0.2, 0.25) is 0 Å². The number of nitro benzene ring substituents is 1. The summed E-state index contributed by atoms with van der Waals surface area (Å²) < 4.78 is 75.2. The van der Waals surface area contributed by atoms with Crippen LogP contribution in [0.15, 0.2) is 36.4 Å². The molecule has 2 aromatic rings. The van der Waals surface area contributed by atoms with Crippen molar-refractivity contribution in [1.82, 2.24) is 5.32 Å². The van der Waals surface area contributed by atoms with E-state index in [0.717, 1.165) is 24.3 Å². The number of carbonyl (C=O) groups excluding carboxylic acids is 1. The standard InChI is InChI=1S/C16H12ClF3N2O7S.Na/c17-12-7-9(16(18,19)20)1-4-14(12)29-10-2-3-13(22(24)25)11(8-10)15(23)21-5-6-30(26,27)28;/h1-4,7-8H,5-6H2,(H,21,23)(H,26,27,28);/q;+1/p-1. The molecule has 0 heterocycles. The Hall–Kier alpha value is -1.90. The third-order valence-electron chi connectivity index (χ3n) is 3.53. The molecule has 15 heteroatoms. The van der Waals surface area contributed by atoms with Crippen molar-refractivity contribution in [2.75, 3.05) is 12.3 Å². The number of rotatable bonds is 7. The van der Waals surface area contributed by atoms with Crippen molar-refractivity contribution in [3.8, 4) is 11.5 Å². The van der Waals surface area contributed by atoms with Crippen molar-refractivity contribution in [2.45, 2.75) is 6.18 Å². The maximum Gasteiger partial charge on any atom is 1.00 e. The van der Waals surface area contributed by atoms with Crippen molar-refractivity contribution in [3.05, 3.63) is 62.7 Å². The molecule has 0 saturated heterocycles. The summed E-state index contributed by atoms with van der Waals surface area (Å²) in [4.78, 5) is 22.4. The summed E-state index contributed by atoms with van der Waals surface area (Å²) in [6.07, 6.45) is -4.63. The van der Waals surface area contributed by atoms with E-state index in [-0.39, 0.29) is 41.1 Å². The first kappa shape index (κ1) is 27.1. The van der Waals surface area contributed by atoms with E-state index >= 15 is 0 Å². The molecule has 0 fully saturated rings. The number of halogens is 4. The zero-order chi connectivity index (χ0) is 22.7. The van der Waals surface area contributed by atoms with Gasteiger partial charge in [-0.25, -0.2) is 8.42 Å². The molecule has 0 aliphatic heterocycles. The third-order valence-corrected chi connectivity index (χ3v) is 4.53. The smallest absolute Gasteiger partial charge is 0.748 e. The average Bonchev–Trinajstić information content (AvgIpc) is 2.61. The van der Waals surface area contributed by atoms with Crippen LogP contribution in [0.4, 0.5) is 18.9 Å². The third kappa shape index (κ3) is 7.94. The molecule has 0 aliphatic rings. The maximum atomic E-state index is 12.7. The fraction of sp³-hybridized carbons (Fsp3) is 0.188. The quantitative estimate of drug-likeness (QED) is 0.255. The van der Waals surface area contributed by atoms with Crippen LogP contribution in [0.25, 0.3) is 0 Å². The normalized spacial score (nSPS) is 11.4. The molecule has 2 rings (SSSR count). The molecule has 0 bridgehead atoms. The van der Waals surface area contributed by atoms with Crippen molar-refractivity contribution in [2.24, 2.45) is 0 Å². The van der Waals surface area contributed by atoms with Crippen molar-refractivity contribution >= 4 is 33.3 Å². The Kier molecular flexibility index (Phi) is 9.29. The summed E-state index contributed by atoms with van der Waals surface area (Å²) in [5.41, 5.74) is -2.19. The number of alkyl halides is 3. The van der Waals surface area contributed by atoms with E-state index in [4.69, 9.17) is 16.3 Å². The van der Waals surface area contributed by atoms with Crippen LogP contribution in [-0.2, 0) is 16.3 Å². The molecule has 1 N–H and O–H groups in total. The second-order valence-electron chi connectivity index (χ2n) is 5.70. The van der Waals surface area contributed by atoms with Crippen LogP contribution in [0.2, 0.25) is 5.02 Å². The van der Waals surface area contributed by atoms with E-state index < -0.39 is 61.3 Å². The number of benzene rings is 2. The van der Waals surface area contributed by atoms with Crippen LogP contribution in [0, 0.1) is 10.1 Å². The van der Waals surface area contributed by atoms with Crippen molar-refractivity contribution < 1.29 is 70.2 Å². The topological polar surface area (TPSA) is 139 Å². The van der Waals surface area contributed by atoms with E-state index in [0.29, 0.717) is 12.1 Å². The fourth-order valence-electron chi connectivity index (χ4n) is 2.19. The van der Waals surface area contributed by atoms with Crippen LogP contribution in [0.1, 0.15) is 15.9 Å². The van der Waals surface area contributed by atoms with Gasteiger partial charge in [0, 0.05) is 18.7 Å². The number of carbonyl (C=O) groups is 1. The molecule has 0 aromatic heterocycles. The molecule has 1 amide bonds. The van der Waals surface area contributed by atoms with Gasteiger partial charge in [-0.05, 0) is 24.3 Å². The summed E-state index contributed by atoms with van der Waals surface area (Å²) in [6, 6.07) is 5.19. The Morgan fingerprint density at radius 2 is 1.84 bits per heavy atom. The van der Waals surface area contributed by atoms with E-state index in [1.165, 1.54) is 0 Å². The Morgan fingerprint density at radius 1 is 1.19 bits per heavy atom. The number of hydrogen-bond acceptors (Lipinski definition) is 7. The van der Waals surface area contributed by atoms with Gasteiger partial charge in [0.15, 0.2) is 0 Å². The molecule has 0 spiro atoms. The summed E-state index contributed by atoms with van der Waals surface area (Å²) in [7, 11) is -4.61. The molecule has 0 aliphatic carbocycles. The molecular weight excluding hydrogens is 480 g/mol. The average molecular weight is 491 g/mol. The van der Waals surface area contributed by atoms with E-state index in [2.05, 4.69) is 0 Å². The van der Waals surface area contributed by atoms with Gasteiger partial charge in [0.25, 0.3) is 11.6 Å². The van der Waals surface area contributed by atoms with Crippen LogP contribution in [0.5, 0.6) is 11.5 Å². The summed E-state index contributed by atoms with van der Waals surface area (Å²) in [5, 5.41) is 12.8. The van der Waals surface area contributed by atoms with Crippen LogP contribution in [-0.4, -0.2) is 36.1 Å². The van der Waals surface area contributed by atoms with E-state index in [1.807, 2.05) is 5.32 Å². The predicted octanol–water partition coefficient (Wildman–Crippen LogP) is 0.338. The minimum Gasteiger partial charge on any atom is -0.748 e. The summed E-state index contributed by atoms with van der Waals surface area (Å²) >= 11 is 5.78. The second kappa shape index (κ2) is 10.6. The Bertz CT molecular complexity index is 1100. The fourth-order valence-corrected chi connectivity index (χ4v) is 2.76. The van der Waals surface area contributed by atoms with Crippen molar-refractivity contribution in [1.29, 1.82) is 0 Å². The van der Waals surface area contributed by atoms with Crippen LogP contribution < -0.4 is 39.6 Å². The molecule has 0 radical (unpaired) electrons. The summed E-state index contributed by atoms with van der Waals surface area (Å²) in [6.45, 7) is -0.586. The first-order chi connectivity index (χ1) is 13.8. The first-order valence-electron chi connectivity index (χ1n) is 7.83. The van der Waals surface area contributed by atoms with E-state index in [9.17, 15) is 41.1 Å². The Labute approximate surface area is 200 Å². The van der Waals surface area contributed by atoms with Gasteiger partial charge in [0.05, 0.1) is 31.4 Å². The Morgan fingerprint density at radius 3 is 2.35 bits per heavy atom. The van der Waals surface area contributed by atoms with Gasteiger partial charge in [0.1, 0.15) is 17.1 Å². The van der Waals surface area contributed by atoms with Gasteiger partial charge in [-0.1, -0.05) is 11.6 Å². The molecule has 2 aromatic carbocycles. The van der Waals surface area contributed by atoms with Crippen LogP contribution >= 0.6 is 11.6 Å². The zero-order valence-corrected chi connectivity index (χ0v) is 19.2. The largest absolute Gasteiger partial charge is 1.00 e. The molecule has 162 valence electrons. The number of hydrogen-bond donors (Lipinski definition) is 1. The van der Waals surface area contributed by atoms with Gasteiger partial charge >= 0.3 is 35.7 Å². The predicted molar refractivity (Wildman–Crippen MR) is 96.5 cm³/mol. The second-order valence-corrected chi connectivity index (χ2v) is 7.63. The molecule has 31 heavy (non-hydrogen) atoms. The van der Waals surface area contributed by atoms with Gasteiger partial charge < -0.3 is 14.6 Å². The number of nitro groups is 1. The SMILES string of the molecule is O=C(NCCS(=O)(=O)[O-])c1cc(Oc2ccc(C(F)(F)F)cc2Cl)ccc1[N+](=O)[O-].[Na+]. The first-order valence-corrected chi connectivity index (χ1v) is 9.78. The minimum atomic E-state index is -4.63. The molecule has 0 saturated carbocycles. The number of nitrogens with one attached hydrogen (secondary N) is 1. The van der Waals surface area contributed by atoms with E-state index in [1.54, 1.807) is 0 Å². The number of amides is 1.